The number of aliphatic carboxylic acids is 1. The Kier molecular flexibility index (Phi) is 7.43. The number of alkyl halides is 3. The van der Waals surface area contributed by atoms with Crippen LogP contribution in [0.2, 0.25) is 0 Å². The van der Waals surface area contributed by atoms with Gasteiger partial charge < -0.3 is 20.1 Å². The van der Waals surface area contributed by atoms with Crippen molar-refractivity contribution in [3.8, 4) is 5.75 Å². The number of halogens is 3. The largest absolute Gasteiger partial charge is 0.478 e. The minimum Gasteiger partial charge on any atom is -0.478 e. The molecule has 34 heavy (non-hydrogen) atoms. The molecule has 3 rings (SSSR count). The molecule has 1 unspecified atom stereocenters. The minimum atomic E-state index is -4.54. The number of ether oxygens (including phenoxy) is 1. The molecule has 0 radical (unpaired) electrons. The Morgan fingerprint density at radius 2 is 1.71 bits per heavy atom. The number of amides is 1. The molecular weight excluding hydrogens is 449 g/mol. The zero-order chi connectivity index (χ0) is 25.1. The number of carbonyl (C=O) groups excluding carboxylic acids is 1. The van der Waals surface area contributed by atoms with Crippen molar-refractivity contribution >= 4 is 17.6 Å². The van der Waals surface area contributed by atoms with E-state index >= 15 is 0 Å². The molecule has 0 saturated carbocycles. The van der Waals surface area contributed by atoms with Crippen molar-refractivity contribution in [1.82, 2.24) is 5.32 Å². The molecule has 184 valence electrons. The molecule has 1 atom stereocenters. The maximum atomic E-state index is 13.3. The van der Waals surface area contributed by atoms with Crippen molar-refractivity contribution in [2.45, 2.75) is 57.9 Å². The average molecular weight is 479 g/mol. The third-order valence-corrected chi connectivity index (χ3v) is 5.75. The number of carboxylic acid groups (broad SMARTS) is 1. The highest BCUT2D eigenvalue weighted by Crippen LogP contribution is 2.34. The Labute approximate surface area is 196 Å². The maximum absolute atomic E-state index is 13.3. The molecule has 2 N–H and O–H groups in total. The molecule has 0 spiro atoms. The fourth-order valence-corrected chi connectivity index (χ4v) is 3.87. The van der Waals surface area contributed by atoms with Gasteiger partial charge >= 0.3 is 12.1 Å². The Morgan fingerprint density at radius 3 is 2.26 bits per heavy atom. The highest BCUT2D eigenvalue weighted by Gasteiger charge is 2.33. The molecule has 0 aromatic heterocycles. The van der Waals surface area contributed by atoms with E-state index in [9.17, 15) is 27.9 Å². The van der Waals surface area contributed by atoms with Crippen LogP contribution >= 0.6 is 0 Å². The molecule has 0 bridgehead atoms. The van der Waals surface area contributed by atoms with E-state index < -0.39 is 29.2 Å². The van der Waals surface area contributed by atoms with Crippen LogP contribution in [0, 0.1) is 0 Å². The van der Waals surface area contributed by atoms with Gasteiger partial charge in [0.1, 0.15) is 5.75 Å². The summed E-state index contributed by atoms with van der Waals surface area (Å²) in [6, 6.07) is 9.78. The maximum Gasteiger partial charge on any atom is 0.416 e. The monoisotopic (exact) mass is 478 g/mol. The summed E-state index contributed by atoms with van der Waals surface area (Å²) in [6.45, 7) is 6.08. The Hall–Kier alpha value is -3.23. The van der Waals surface area contributed by atoms with Gasteiger partial charge in [-0.2, -0.15) is 13.2 Å². The summed E-state index contributed by atoms with van der Waals surface area (Å²) in [5.41, 5.74) is -0.841. The van der Waals surface area contributed by atoms with Crippen LogP contribution in [0.5, 0.6) is 5.75 Å². The summed E-state index contributed by atoms with van der Waals surface area (Å²) in [5, 5.41) is 12.0. The number of carboxylic acids is 1. The van der Waals surface area contributed by atoms with Crippen molar-refractivity contribution in [2.75, 3.05) is 18.0 Å². The molecule has 1 fully saturated rings. The van der Waals surface area contributed by atoms with Crippen molar-refractivity contribution in [3.05, 3.63) is 59.2 Å². The van der Waals surface area contributed by atoms with Gasteiger partial charge in [-0.25, -0.2) is 4.79 Å². The zero-order valence-electron chi connectivity index (χ0n) is 19.4. The van der Waals surface area contributed by atoms with Gasteiger partial charge in [0.2, 0.25) is 0 Å². The van der Waals surface area contributed by atoms with Crippen LogP contribution in [0.25, 0.3) is 0 Å². The SMILES string of the molecule is CC(Cc1ccc(OC(C)(C)C(=O)O)cc1)NC(=O)c1cc(C(F)(F)F)ccc1N1CCCC1. The molecule has 1 aliphatic heterocycles. The van der Waals surface area contributed by atoms with Gasteiger partial charge in [0.05, 0.1) is 11.1 Å². The quantitative estimate of drug-likeness (QED) is 0.564. The van der Waals surface area contributed by atoms with Gasteiger partial charge in [-0.15, -0.1) is 0 Å². The van der Waals surface area contributed by atoms with Crippen LogP contribution in [0.1, 0.15) is 55.1 Å². The van der Waals surface area contributed by atoms with Gasteiger partial charge in [0, 0.05) is 24.8 Å². The Morgan fingerprint density at radius 1 is 1.09 bits per heavy atom. The van der Waals surface area contributed by atoms with E-state index in [0.29, 0.717) is 30.9 Å². The number of hydrogen-bond acceptors (Lipinski definition) is 4. The van der Waals surface area contributed by atoms with E-state index in [2.05, 4.69) is 5.32 Å². The molecule has 1 aliphatic rings. The van der Waals surface area contributed by atoms with Crippen molar-refractivity contribution in [1.29, 1.82) is 0 Å². The first-order valence-electron chi connectivity index (χ1n) is 11.2. The van der Waals surface area contributed by atoms with Gasteiger partial charge in [0.25, 0.3) is 5.91 Å². The number of carbonyl (C=O) groups is 2. The summed E-state index contributed by atoms with van der Waals surface area (Å²) < 4.78 is 45.3. The topological polar surface area (TPSA) is 78.9 Å². The number of benzene rings is 2. The van der Waals surface area contributed by atoms with Gasteiger partial charge in [-0.3, -0.25) is 4.79 Å². The Balaban J connectivity index is 1.71. The first kappa shape index (κ1) is 25.4. The highest BCUT2D eigenvalue weighted by molar-refractivity contribution is 6.00. The molecule has 1 amide bonds. The molecule has 9 heteroatoms. The van der Waals surface area contributed by atoms with E-state index in [1.807, 2.05) is 4.90 Å². The minimum absolute atomic E-state index is 0.0169. The number of nitrogens with zero attached hydrogens (tertiary/aromatic N) is 1. The average Bonchev–Trinajstić information content (AvgIpc) is 3.28. The lowest BCUT2D eigenvalue weighted by Crippen LogP contribution is -2.37. The summed E-state index contributed by atoms with van der Waals surface area (Å²) in [7, 11) is 0. The second-order valence-electron chi connectivity index (χ2n) is 9.06. The smallest absolute Gasteiger partial charge is 0.416 e. The van der Waals surface area contributed by atoms with Crippen molar-refractivity contribution < 1.29 is 32.6 Å². The Bertz CT molecular complexity index is 1030. The lowest BCUT2D eigenvalue weighted by molar-refractivity contribution is -0.152. The van der Waals surface area contributed by atoms with Crippen molar-refractivity contribution in [2.24, 2.45) is 0 Å². The lowest BCUT2D eigenvalue weighted by Gasteiger charge is -2.23. The third kappa shape index (κ3) is 6.21. The van der Waals surface area contributed by atoms with Gasteiger partial charge in [0.15, 0.2) is 5.60 Å². The summed E-state index contributed by atoms with van der Waals surface area (Å²) in [6.07, 6.45) is -2.24. The van der Waals surface area contributed by atoms with Crippen LogP contribution in [0.4, 0.5) is 18.9 Å². The predicted molar refractivity (Wildman–Crippen MR) is 122 cm³/mol. The molecule has 2 aromatic rings. The summed E-state index contributed by atoms with van der Waals surface area (Å²) >= 11 is 0. The number of hydrogen-bond donors (Lipinski definition) is 2. The molecule has 0 aliphatic carbocycles. The summed E-state index contributed by atoms with van der Waals surface area (Å²) in [4.78, 5) is 26.1. The molecular formula is C25H29F3N2O4. The fourth-order valence-electron chi connectivity index (χ4n) is 3.87. The van der Waals surface area contributed by atoms with Gasteiger partial charge in [-0.05, 0) is 75.9 Å². The highest BCUT2D eigenvalue weighted by atomic mass is 19.4. The van der Waals surface area contributed by atoms with Crippen LogP contribution in [0.15, 0.2) is 42.5 Å². The van der Waals surface area contributed by atoms with Crippen LogP contribution in [-0.2, 0) is 17.4 Å². The molecule has 1 saturated heterocycles. The first-order valence-corrected chi connectivity index (χ1v) is 11.2. The second kappa shape index (κ2) is 9.95. The van der Waals surface area contributed by atoms with E-state index in [1.54, 1.807) is 31.2 Å². The van der Waals surface area contributed by atoms with Crippen molar-refractivity contribution in [3.63, 3.8) is 0 Å². The first-order chi connectivity index (χ1) is 15.9. The predicted octanol–water partition coefficient (Wildman–Crippen LogP) is 4.91. The van der Waals surface area contributed by atoms with Crippen LogP contribution < -0.4 is 15.0 Å². The normalized spacial score (nSPS) is 15.2. The molecule has 6 nitrogen and oxygen atoms in total. The third-order valence-electron chi connectivity index (χ3n) is 5.75. The van der Waals surface area contributed by atoms with E-state index in [0.717, 1.165) is 30.5 Å². The second-order valence-corrected chi connectivity index (χ2v) is 9.06. The zero-order valence-corrected chi connectivity index (χ0v) is 19.4. The van der Waals surface area contributed by atoms with Crippen LogP contribution in [-0.4, -0.2) is 41.7 Å². The summed E-state index contributed by atoms with van der Waals surface area (Å²) in [5.74, 6) is -1.24. The number of nitrogens with one attached hydrogen (secondary N) is 1. The fraction of sp³-hybridized carbons (Fsp3) is 0.440. The molecule has 2 aromatic carbocycles. The van der Waals surface area contributed by atoms with E-state index in [1.165, 1.54) is 19.9 Å². The van der Waals surface area contributed by atoms with Crippen LogP contribution in [0.3, 0.4) is 0 Å². The van der Waals surface area contributed by atoms with E-state index in [-0.39, 0.29) is 11.6 Å². The molecule has 1 heterocycles. The lowest BCUT2D eigenvalue weighted by atomic mass is 10.0. The van der Waals surface area contributed by atoms with Gasteiger partial charge in [-0.1, -0.05) is 12.1 Å². The number of rotatable bonds is 8. The standard InChI is InChI=1S/C25H29F3N2O4/c1-16(14-17-6-9-19(10-7-17)34-24(2,3)23(32)33)29-22(31)20-15-18(25(26,27)28)8-11-21(20)30-12-4-5-13-30/h6-11,15-16H,4-5,12-14H2,1-3H3,(H,29,31)(H,32,33). The number of anilines is 1. The van der Waals surface area contributed by atoms with E-state index in [4.69, 9.17) is 4.74 Å².